The first-order valence-corrected chi connectivity index (χ1v) is 10.8. The van der Waals surface area contributed by atoms with Crippen molar-refractivity contribution in [1.82, 2.24) is 19.9 Å². The summed E-state index contributed by atoms with van der Waals surface area (Å²) in [5.74, 6) is 0.505. The summed E-state index contributed by atoms with van der Waals surface area (Å²) in [6.07, 6.45) is 2.81. The molecule has 1 aliphatic rings. The van der Waals surface area contributed by atoms with E-state index < -0.39 is 5.41 Å². The van der Waals surface area contributed by atoms with Crippen LogP contribution in [-0.4, -0.2) is 38.8 Å². The van der Waals surface area contributed by atoms with E-state index in [9.17, 15) is 10.1 Å². The number of nitrogens with zero attached hydrogens (tertiary/aromatic N) is 4. The summed E-state index contributed by atoms with van der Waals surface area (Å²) in [4.78, 5) is 27.1. The number of hydrogen-bond acceptors (Lipinski definition) is 4. The fourth-order valence-electron chi connectivity index (χ4n) is 4.31. The van der Waals surface area contributed by atoms with Crippen molar-refractivity contribution in [3.8, 4) is 17.5 Å². The fraction of sp³-hybridized carbons (Fsp3) is 0.200. The van der Waals surface area contributed by atoms with E-state index in [0.717, 1.165) is 16.5 Å². The molecule has 3 heterocycles. The molecule has 2 aromatic heterocycles. The number of rotatable bonds is 3. The van der Waals surface area contributed by atoms with Gasteiger partial charge < -0.3 is 9.88 Å². The van der Waals surface area contributed by atoms with Gasteiger partial charge >= 0.3 is 0 Å². The van der Waals surface area contributed by atoms with Crippen molar-refractivity contribution in [3.05, 3.63) is 83.1 Å². The summed E-state index contributed by atoms with van der Waals surface area (Å²) in [5.41, 5.74) is 2.18. The second-order valence-electron chi connectivity index (χ2n) is 8.01. The van der Waals surface area contributed by atoms with Crippen molar-refractivity contribution in [2.75, 3.05) is 13.1 Å². The number of halogens is 1. The van der Waals surface area contributed by atoms with Crippen LogP contribution in [0.1, 0.15) is 28.9 Å². The number of aromatic amines is 1. The quantitative estimate of drug-likeness (QED) is 0.486. The van der Waals surface area contributed by atoms with E-state index in [-0.39, 0.29) is 5.91 Å². The van der Waals surface area contributed by atoms with E-state index in [1.165, 1.54) is 0 Å². The van der Waals surface area contributed by atoms with E-state index in [1.54, 1.807) is 17.2 Å². The maximum atomic E-state index is 13.2. The summed E-state index contributed by atoms with van der Waals surface area (Å²) in [7, 11) is 0. The number of carbonyl (C=O) groups is 1. The molecular weight excluding hydrogens is 422 g/mol. The number of piperidine rings is 1. The largest absolute Gasteiger partial charge is 0.337 e. The van der Waals surface area contributed by atoms with E-state index in [0.29, 0.717) is 48.1 Å². The highest BCUT2D eigenvalue weighted by atomic mass is 35.5. The van der Waals surface area contributed by atoms with Crippen molar-refractivity contribution in [2.24, 2.45) is 0 Å². The lowest BCUT2D eigenvalue weighted by Gasteiger charge is -2.37. The highest BCUT2D eigenvalue weighted by Gasteiger charge is 2.39. The molecule has 0 radical (unpaired) electrons. The third-order valence-corrected chi connectivity index (χ3v) is 6.47. The van der Waals surface area contributed by atoms with E-state index in [4.69, 9.17) is 11.6 Å². The molecule has 7 heteroatoms. The lowest BCUT2D eigenvalue weighted by Crippen LogP contribution is -2.44. The zero-order valence-corrected chi connectivity index (χ0v) is 18.0. The van der Waals surface area contributed by atoms with Crippen molar-refractivity contribution < 1.29 is 4.79 Å². The van der Waals surface area contributed by atoms with Gasteiger partial charge in [0, 0.05) is 35.3 Å². The van der Waals surface area contributed by atoms with Crippen molar-refractivity contribution >= 4 is 28.5 Å². The van der Waals surface area contributed by atoms with Crippen LogP contribution >= 0.6 is 11.6 Å². The van der Waals surface area contributed by atoms with Crippen LogP contribution in [0.3, 0.4) is 0 Å². The summed E-state index contributed by atoms with van der Waals surface area (Å²) >= 11 is 6.37. The minimum atomic E-state index is -0.675. The van der Waals surface area contributed by atoms with Crippen LogP contribution in [0, 0.1) is 11.3 Å². The van der Waals surface area contributed by atoms with Crippen LogP contribution in [0.25, 0.3) is 22.4 Å². The molecule has 158 valence electrons. The van der Waals surface area contributed by atoms with Gasteiger partial charge in [-0.2, -0.15) is 5.26 Å². The Morgan fingerprint density at radius 3 is 2.53 bits per heavy atom. The zero-order valence-electron chi connectivity index (χ0n) is 17.3. The molecule has 4 aromatic rings. The second-order valence-corrected chi connectivity index (χ2v) is 8.42. The maximum absolute atomic E-state index is 13.2. The molecule has 1 N–H and O–H groups in total. The molecule has 32 heavy (non-hydrogen) atoms. The summed E-state index contributed by atoms with van der Waals surface area (Å²) < 4.78 is 0. The van der Waals surface area contributed by atoms with Gasteiger partial charge in [0.1, 0.15) is 11.3 Å². The first-order valence-electron chi connectivity index (χ1n) is 10.5. The Balaban J connectivity index is 1.36. The molecule has 0 spiro atoms. The standard InChI is InChI=1S/C25H20ClN5O/c26-20-9-5-4-8-19(20)25(16-27)10-12-31(13-11-25)24(32)21-14-18-15-28-22(30-23(18)29-21)17-6-2-1-3-7-17/h1-9,14-15H,10-13H2,(H,28,29,30). The minimum absolute atomic E-state index is 0.102. The Kier molecular flexibility index (Phi) is 5.12. The highest BCUT2D eigenvalue weighted by molar-refractivity contribution is 6.31. The molecule has 1 saturated heterocycles. The summed E-state index contributed by atoms with van der Waals surface area (Å²) in [6, 6.07) is 21.4. The topological polar surface area (TPSA) is 85.7 Å². The van der Waals surface area contributed by atoms with Crippen molar-refractivity contribution in [1.29, 1.82) is 5.26 Å². The van der Waals surface area contributed by atoms with Crippen LogP contribution in [0.4, 0.5) is 0 Å². The predicted molar refractivity (Wildman–Crippen MR) is 123 cm³/mol. The summed E-state index contributed by atoms with van der Waals surface area (Å²) in [6.45, 7) is 0.960. The molecule has 1 aliphatic heterocycles. The van der Waals surface area contributed by atoms with Crippen LogP contribution in [-0.2, 0) is 5.41 Å². The van der Waals surface area contributed by atoms with Crippen LogP contribution in [0.15, 0.2) is 66.9 Å². The fourth-order valence-corrected chi connectivity index (χ4v) is 4.63. The van der Waals surface area contributed by atoms with Crippen LogP contribution in [0.5, 0.6) is 0 Å². The van der Waals surface area contributed by atoms with Gasteiger partial charge in [0.15, 0.2) is 5.82 Å². The number of H-pyrrole nitrogens is 1. The lowest BCUT2D eigenvalue weighted by molar-refractivity contribution is 0.0687. The number of amides is 1. The van der Waals surface area contributed by atoms with Crippen LogP contribution < -0.4 is 0 Å². The number of benzene rings is 2. The first-order chi connectivity index (χ1) is 15.6. The number of likely N-dealkylation sites (tertiary alicyclic amines) is 1. The van der Waals surface area contributed by atoms with Gasteiger partial charge in [0.2, 0.25) is 0 Å². The molecule has 0 bridgehead atoms. The Labute approximate surface area is 190 Å². The smallest absolute Gasteiger partial charge is 0.270 e. The normalized spacial score (nSPS) is 15.4. The Hall–Kier alpha value is -3.69. The molecule has 0 aliphatic carbocycles. The molecule has 6 nitrogen and oxygen atoms in total. The SMILES string of the molecule is N#CC1(c2ccccc2Cl)CCN(C(=O)c2cc3cnc(-c4ccccc4)nc3[nH]2)CC1. The number of fused-ring (bicyclic) bond motifs is 1. The summed E-state index contributed by atoms with van der Waals surface area (Å²) in [5, 5.41) is 11.3. The molecule has 1 amide bonds. The third-order valence-electron chi connectivity index (χ3n) is 6.14. The highest BCUT2D eigenvalue weighted by Crippen LogP contribution is 2.38. The minimum Gasteiger partial charge on any atom is -0.337 e. The molecule has 1 fully saturated rings. The van der Waals surface area contributed by atoms with E-state index >= 15 is 0 Å². The lowest BCUT2D eigenvalue weighted by atomic mass is 9.74. The average Bonchev–Trinajstić information content (AvgIpc) is 3.28. The Morgan fingerprint density at radius 2 is 1.81 bits per heavy atom. The number of nitriles is 1. The van der Waals surface area contributed by atoms with Gasteiger partial charge in [-0.05, 0) is 30.5 Å². The van der Waals surface area contributed by atoms with Crippen LogP contribution in [0.2, 0.25) is 5.02 Å². The molecule has 0 saturated carbocycles. The number of nitrogens with one attached hydrogen (secondary N) is 1. The molecule has 0 atom stereocenters. The van der Waals surface area contributed by atoms with Crippen molar-refractivity contribution in [2.45, 2.75) is 18.3 Å². The molecule has 5 rings (SSSR count). The van der Waals surface area contributed by atoms with E-state index in [1.807, 2.05) is 54.6 Å². The number of hydrogen-bond donors (Lipinski definition) is 1. The van der Waals surface area contributed by atoms with Gasteiger partial charge in [0.05, 0.1) is 11.5 Å². The molecule has 0 unspecified atom stereocenters. The van der Waals surface area contributed by atoms with Gasteiger partial charge in [-0.25, -0.2) is 9.97 Å². The number of carbonyl (C=O) groups excluding carboxylic acids is 1. The average molecular weight is 442 g/mol. The molecular formula is C25H20ClN5O. The Bertz CT molecular complexity index is 1330. The van der Waals surface area contributed by atoms with Crippen molar-refractivity contribution in [3.63, 3.8) is 0 Å². The maximum Gasteiger partial charge on any atom is 0.270 e. The van der Waals surface area contributed by atoms with E-state index in [2.05, 4.69) is 21.0 Å². The number of aromatic nitrogens is 3. The third kappa shape index (κ3) is 3.51. The van der Waals surface area contributed by atoms with Gasteiger partial charge in [0.25, 0.3) is 5.91 Å². The first kappa shape index (κ1) is 20.2. The molecule has 2 aromatic carbocycles. The van der Waals surface area contributed by atoms with Gasteiger partial charge in [-0.3, -0.25) is 4.79 Å². The monoisotopic (exact) mass is 441 g/mol. The zero-order chi connectivity index (χ0) is 22.1. The predicted octanol–water partition coefficient (Wildman–Crippen LogP) is 4.98. The van der Waals surface area contributed by atoms with Gasteiger partial charge in [-0.15, -0.1) is 0 Å². The Morgan fingerprint density at radius 1 is 1.09 bits per heavy atom. The second kappa shape index (κ2) is 8.10. The van der Waals surface area contributed by atoms with Gasteiger partial charge in [-0.1, -0.05) is 60.1 Å².